The molecule has 37 heavy (non-hydrogen) atoms. The van der Waals surface area contributed by atoms with Gasteiger partial charge in [0.25, 0.3) is 5.91 Å². The summed E-state index contributed by atoms with van der Waals surface area (Å²) >= 11 is 6.53. The summed E-state index contributed by atoms with van der Waals surface area (Å²) in [6.07, 6.45) is 4.08. The van der Waals surface area contributed by atoms with Crippen molar-refractivity contribution in [2.75, 3.05) is 58.9 Å². The van der Waals surface area contributed by atoms with Crippen molar-refractivity contribution in [1.82, 2.24) is 35.5 Å². The Morgan fingerprint density at radius 1 is 1.08 bits per heavy atom. The van der Waals surface area contributed by atoms with Gasteiger partial charge in [0.1, 0.15) is 6.07 Å². The molecule has 2 aromatic rings. The van der Waals surface area contributed by atoms with Gasteiger partial charge in [0, 0.05) is 57.9 Å². The summed E-state index contributed by atoms with van der Waals surface area (Å²) in [6.45, 7) is 14.1. The van der Waals surface area contributed by atoms with Gasteiger partial charge in [0.05, 0.1) is 22.5 Å². The average Bonchev–Trinajstić information content (AvgIpc) is 3.42. The molecule has 1 amide bonds. The van der Waals surface area contributed by atoms with Crippen LogP contribution in [-0.4, -0.2) is 89.5 Å². The highest BCUT2D eigenvalue weighted by Crippen LogP contribution is 2.32. The van der Waals surface area contributed by atoms with E-state index >= 15 is 0 Å². The molecule has 2 saturated heterocycles. The zero-order valence-electron chi connectivity index (χ0n) is 21.8. The van der Waals surface area contributed by atoms with Gasteiger partial charge in [-0.1, -0.05) is 37.6 Å². The van der Waals surface area contributed by atoms with E-state index in [2.05, 4.69) is 49.4 Å². The van der Waals surface area contributed by atoms with Crippen LogP contribution in [0.5, 0.6) is 0 Å². The Kier molecular flexibility index (Phi) is 9.83. The SMILES string of the molecule is CC(C)CNNC(=O)c1cccc(CN2CCN(CCN3CCCC3)CC2)c1-c1nc(C#N)ncc1Cl. The van der Waals surface area contributed by atoms with E-state index in [1.165, 1.54) is 32.1 Å². The minimum Gasteiger partial charge on any atom is -0.302 e. The first-order chi connectivity index (χ1) is 17.9. The van der Waals surface area contributed by atoms with Crippen LogP contribution in [0, 0.1) is 17.2 Å². The lowest BCUT2D eigenvalue weighted by Crippen LogP contribution is -2.47. The fourth-order valence-corrected chi connectivity index (χ4v) is 5.09. The monoisotopic (exact) mass is 524 g/mol. The molecule has 0 unspecified atom stereocenters. The zero-order valence-corrected chi connectivity index (χ0v) is 22.6. The van der Waals surface area contributed by atoms with E-state index in [9.17, 15) is 10.1 Å². The van der Waals surface area contributed by atoms with Crippen molar-refractivity contribution >= 4 is 17.5 Å². The van der Waals surface area contributed by atoms with Crippen molar-refractivity contribution in [2.24, 2.45) is 5.92 Å². The number of carbonyl (C=O) groups excluding carboxylic acids is 1. The van der Waals surface area contributed by atoms with E-state index in [-0.39, 0.29) is 11.7 Å². The molecule has 10 heteroatoms. The van der Waals surface area contributed by atoms with E-state index in [4.69, 9.17) is 11.6 Å². The first-order valence-electron chi connectivity index (χ1n) is 13.2. The second kappa shape index (κ2) is 13.3. The van der Waals surface area contributed by atoms with Gasteiger partial charge in [-0.05, 0) is 43.5 Å². The van der Waals surface area contributed by atoms with Crippen LogP contribution in [0.1, 0.15) is 48.4 Å². The lowest BCUT2D eigenvalue weighted by atomic mass is 9.96. The number of nitrogens with zero attached hydrogens (tertiary/aromatic N) is 6. The van der Waals surface area contributed by atoms with Crippen LogP contribution in [0.2, 0.25) is 5.02 Å². The number of likely N-dealkylation sites (tertiary alicyclic amines) is 1. The molecular weight excluding hydrogens is 488 g/mol. The number of benzene rings is 1. The molecule has 1 aromatic heterocycles. The van der Waals surface area contributed by atoms with Crippen LogP contribution in [0.25, 0.3) is 11.3 Å². The first kappa shape index (κ1) is 27.4. The van der Waals surface area contributed by atoms with Crippen molar-refractivity contribution in [3.8, 4) is 17.3 Å². The predicted octanol–water partition coefficient (Wildman–Crippen LogP) is 2.77. The van der Waals surface area contributed by atoms with Crippen LogP contribution in [0.4, 0.5) is 0 Å². The summed E-state index contributed by atoms with van der Waals surface area (Å²) in [5.41, 5.74) is 8.26. The number of piperazine rings is 1. The Hall–Kier alpha value is -2.61. The Labute approximate surface area is 224 Å². The maximum atomic E-state index is 13.2. The minimum atomic E-state index is -0.266. The summed E-state index contributed by atoms with van der Waals surface area (Å²) in [6, 6.07) is 7.66. The van der Waals surface area contributed by atoms with E-state index < -0.39 is 0 Å². The number of amides is 1. The van der Waals surface area contributed by atoms with Crippen molar-refractivity contribution in [3.05, 3.63) is 46.4 Å². The largest absolute Gasteiger partial charge is 0.302 e. The Balaban J connectivity index is 1.52. The van der Waals surface area contributed by atoms with Crippen LogP contribution in [-0.2, 0) is 6.54 Å². The molecule has 0 radical (unpaired) electrons. The molecule has 2 fully saturated rings. The first-order valence-corrected chi connectivity index (χ1v) is 13.6. The molecule has 1 aromatic carbocycles. The van der Waals surface area contributed by atoms with Gasteiger partial charge in [0.15, 0.2) is 0 Å². The van der Waals surface area contributed by atoms with E-state index in [0.29, 0.717) is 40.9 Å². The molecule has 198 valence electrons. The number of nitrogens with one attached hydrogen (secondary N) is 2. The number of hydrogen-bond acceptors (Lipinski definition) is 8. The number of hydrogen-bond donors (Lipinski definition) is 2. The van der Waals surface area contributed by atoms with Gasteiger partial charge in [-0.3, -0.25) is 20.0 Å². The van der Waals surface area contributed by atoms with Crippen LogP contribution in [0.3, 0.4) is 0 Å². The lowest BCUT2D eigenvalue weighted by Gasteiger charge is -2.35. The molecule has 2 N–H and O–H groups in total. The number of hydrazine groups is 1. The minimum absolute atomic E-state index is 0.0186. The highest BCUT2D eigenvalue weighted by Gasteiger charge is 2.24. The molecule has 0 spiro atoms. The molecule has 2 aliphatic rings. The van der Waals surface area contributed by atoms with Gasteiger partial charge in [0.2, 0.25) is 5.82 Å². The summed E-state index contributed by atoms with van der Waals surface area (Å²) in [5.74, 6) is 0.136. The highest BCUT2D eigenvalue weighted by atomic mass is 35.5. The topological polar surface area (TPSA) is 100 Å². The molecule has 0 aliphatic carbocycles. The fourth-order valence-electron chi connectivity index (χ4n) is 4.90. The van der Waals surface area contributed by atoms with Gasteiger partial charge in [-0.15, -0.1) is 0 Å². The third kappa shape index (κ3) is 7.46. The van der Waals surface area contributed by atoms with E-state index in [1.54, 1.807) is 6.07 Å². The molecule has 4 rings (SSSR count). The highest BCUT2D eigenvalue weighted by molar-refractivity contribution is 6.33. The predicted molar refractivity (Wildman–Crippen MR) is 145 cm³/mol. The maximum absolute atomic E-state index is 13.2. The van der Waals surface area contributed by atoms with Crippen molar-refractivity contribution in [3.63, 3.8) is 0 Å². The van der Waals surface area contributed by atoms with Crippen LogP contribution < -0.4 is 10.9 Å². The standard InChI is InChI=1S/C27H37ClN8O/c1-20(2)17-31-33-27(37)22-7-5-6-21(25(22)26-23(28)18-30-24(16-29)32-26)19-36-14-12-35(13-15-36)11-10-34-8-3-4-9-34/h5-7,18,20,31H,3-4,8-15,17,19H2,1-2H3,(H,33,37). The van der Waals surface area contributed by atoms with Crippen molar-refractivity contribution < 1.29 is 4.79 Å². The van der Waals surface area contributed by atoms with Gasteiger partial charge in [-0.2, -0.15) is 5.26 Å². The van der Waals surface area contributed by atoms with Crippen molar-refractivity contribution in [1.29, 1.82) is 5.26 Å². The molecule has 0 saturated carbocycles. The van der Waals surface area contributed by atoms with Crippen molar-refractivity contribution in [2.45, 2.75) is 33.2 Å². The molecule has 9 nitrogen and oxygen atoms in total. The fraction of sp³-hybridized carbons (Fsp3) is 0.556. The quantitative estimate of drug-likeness (QED) is 0.458. The second-order valence-corrected chi connectivity index (χ2v) is 10.6. The Morgan fingerprint density at radius 3 is 2.43 bits per heavy atom. The smallest absolute Gasteiger partial charge is 0.266 e. The maximum Gasteiger partial charge on any atom is 0.266 e. The molecular formula is C27H37ClN8O. The average molecular weight is 525 g/mol. The zero-order chi connectivity index (χ0) is 26.2. The number of halogens is 1. The Morgan fingerprint density at radius 2 is 1.76 bits per heavy atom. The van der Waals surface area contributed by atoms with E-state index in [1.807, 2.05) is 18.2 Å². The van der Waals surface area contributed by atoms with Gasteiger partial charge >= 0.3 is 0 Å². The Bertz CT molecular complexity index is 1100. The molecule has 2 aliphatic heterocycles. The third-order valence-electron chi connectivity index (χ3n) is 6.98. The number of aromatic nitrogens is 2. The summed E-state index contributed by atoms with van der Waals surface area (Å²) in [4.78, 5) is 29.1. The second-order valence-electron chi connectivity index (χ2n) is 10.2. The number of rotatable bonds is 10. The van der Waals surface area contributed by atoms with E-state index in [0.717, 1.165) is 44.8 Å². The van der Waals surface area contributed by atoms with Gasteiger partial charge < -0.3 is 4.90 Å². The summed E-state index contributed by atoms with van der Waals surface area (Å²) in [7, 11) is 0. The lowest BCUT2D eigenvalue weighted by molar-refractivity contribution is 0.0931. The molecule has 3 heterocycles. The normalized spacial score (nSPS) is 17.3. The summed E-state index contributed by atoms with van der Waals surface area (Å²) < 4.78 is 0. The number of carbonyl (C=O) groups is 1. The summed E-state index contributed by atoms with van der Waals surface area (Å²) in [5, 5.41) is 9.70. The molecule has 0 bridgehead atoms. The van der Waals surface area contributed by atoms with Gasteiger partial charge in [-0.25, -0.2) is 15.4 Å². The van der Waals surface area contributed by atoms with Crippen LogP contribution >= 0.6 is 11.6 Å². The number of nitriles is 1. The third-order valence-corrected chi connectivity index (χ3v) is 7.26. The molecule has 0 atom stereocenters. The van der Waals surface area contributed by atoms with Crippen LogP contribution in [0.15, 0.2) is 24.4 Å².